The molecule has 264 valence electrons. The van der Waals surface area contributed by atoms with E-state index in [1.165, 1.54) is 0 Å². The van der Waals surface area contributed by atoms with Crippen molar-refractivity contribution >= 4 is 56.2 Å². The molecule has 7 N–H and O–H groups in total. The Morgan fingerprint density at radius 3 is 1.58 bits per heavy atom. The van der Waals surface area contributed by atoms with E-state index in [1.807, 2.05) is 0 Å². The number of carboxylic acid groups (broad SMARTS) is 3. The molecule has 3 rings (SSSR count). The molecule has 0 radical (unpaired) electrons. The minimum atomic E-state index is -4.15. The van der Waals surface area contributed by atoms with Gasteiger partial charge in [-0.15, -0.1) is 10.2 Å². The molecule has 48 heavy (non-hydrogen) atoms. The standard InChI is InChI=1S/C27H39N9O10S2/c28-48(45,46)27-32-31-26(47-27)30-25(44)20(14-19-4-2-1-3-5-19)29-21(37)15-33-6-8-34(16-22(38)39)10-12-36(18-24(42)43)13-11-35(9-7-33)17-23(40)41/h1-5,20H,6-18H2,(H,29,37)(H,38,39)(H,40,41)(H,42,43)(H2,28,45,46)(H,30,31,44). The second-order valence-electron chi connectivity index (χ2n) is 11.0. The molecular formula is C27H39N9O10S2. The van der Waals surface area contributed by atoms with Crippen molar-refractivity contribution < 1.29 is 47.7 Å². The van der Waals surface area contributed by atoms with Gasteiger partial charge in [-0.3, -0.25) is 48.9 Å². The summed E-state index contributed by atoms with van der Waals surface area (Å²) in [6.07, 6.45) is 0.0743. The number of primary sulfonamides is 1. The van der Waals surface area contributed by atoms with E-state index >= 15 is 0 Å². The van der Waals surface area contributed by atoms with Gasteiger partial charge in [-0.2, -0.15) is 0 Å². The van der Waals surface area contributed by atoms with Gasteiger partial charge < -0.3 is 20.6 Å². The number of nitrogens with two attached hydrogens (primary N) is 1. The number of carbonyl (C=O) groups is 5. The number of anilines is 1. The lowest BCUT2D eigenvalue weighted by Gasteiger charge is -2.33. The third-order valence-electron chi connectivity index (χ3n) is 7.19. The molecule has 0 spiro atoms. The Balaban J connectivity index is 1.77. The van der Waals surface area contributed by atoms with Crippen molar-refractivity contribution in [2.75, 3.05) is 83.9 Å². The van der Waals surface area contributed by atoms with Crippen LogP contribution in [0.15, 0.2) is 34.7 Å². The highest BCUT2D eigenvalue weighted by atomic mass is 32.2. The van der Waals surface area contributed by atoms with Crippen molar-refractivity contribution in [2.45, 2.75) is 16.8 Å². The molecule has 1 aromatic carbocycles. The number of aromatic nitrogens is 2. The topological polar surface area (TPSA) is 269 Å². The van der Waals surface area contributed by atoms with Crippen LogP contribution in [-0.4, -0.2) is 168 Å². The van der Waals surface area contributed by atoms with Crippen LogP contribution in [0.5, 0.6) is 0 Å². The zero-order valence-corrected chi connectivity index (χ0v) is 27.6. The largest absolute Gasteiger partial charge is 0.480 e. The van der Waals surface area contributed by atoms with E-state index in [2.05, 4.69) is 20.8 Å². The molecule has 1 unspecified atom stereocenters. The van der Waals surface area contributed by atoms with E-state index < -0.39 is 50.1 Å². The van der Waals surface area contributed by atoms with Crippen LogP contribution >= 0.6 is 11.3 Å². The number of nitrogens with zero attached hydrogens (tertiary/aromatic N) is 6. The number of nitrogens with one attached hydrogen (secondary N) is 2. The summed E-state index contributed by atoms with van der Waals surface area (Å²) in [4.78, 5) is 67.8. The average molecular weight is 714 g/mol. The van der Waals surface area contributed by atoms with Gasteiger partial charge in [-0.1, -0.05) is 41.7 Å². The molecule has 2 heterocycles. The van der Waals surface area contributed by atoms with Gasteiger partial charge in [-0.05, 0) is 5.56 Å². The maximum atomic E-state index is 13.4. The van der Waals surface area contributed by atoms with E-state index in [1.54, 1.807) is 49.9 Å². The van der Waals surface area contributed by atoms with Gasteiger partial charge in [0.15, 0.2) is 0 Å². The predicted octanol–water partition coefficient (Wildman–Crippen LogP) is -2.67. The fraction of sp³-hybridized carbons (Fsp3) is 0.519. The van der Waals surface area contributed by atoms with Crippen molar-refractivity contribution in [1.29, 1.82) is 0 Å². The summed E-state index contributed by atoms with van der Waals surface area (Å²) in [6, 6.07) is 7.71. The lowest BCUT2D eigenvalue weighted by atomic mass is 10.1. The normalized spacial score (nSPS) is 17.0. The number of aliphatic carboxylic acids is 3. The first kappa shape index (κ1) is 38.3. The third kappa shape index (κ3) is 13.9. The van der Waals surface area contributed by atoms with Crippen LogP contribution in [0.25, 0.3) is 0 Å². The van der Waals surface area contributed by atoms with E-state index in [-0.39, 0.29) is 90.1 Å². The fourth-order valence-corrected chi connectivity index (χ4v) is 6.19. The molecule has 2 amide bonds. The smallest absolute Gasteiger partial charge is 0.317 e. The summed E-state index contributed by atoms with van der Waals surface area (Å²) in [6.45, 7) is 0.566. The second-order valence-corrected chi connectivity index (χ2v) is 13.7. The van der Waals surface area contributed by atoms with Gasteiger partial charge in [0, 0.05) is 58.8 Å². The van der Waals surface area contributed by atoms with E-state index in [4.69, 9.17) is 5.14 Å². The lowest BCUT2D eigenvalue weighted by Crippen LogP contribution is -2.52. The van der Waals surface area contributed by atoms with Gasteiger partial charge in [0.1, 0.15) is 6.04 Å². The van der Waals surface area contributed by atoms with Gasteiger partial charge in [-0.25, -0.2) is 13.6 Å². The molecule has 2 aromatic rings. The Morgan fingerprint density at radius 2 is 1.19 bits per heavy atom. The molecule has 1 fully saturated rings. The number of amides is 2. The molecule has 0 aliphatic carbocycles. The maximum absolute atomic E-state index is 13.4. The number of carboxylic acids is 3. The average Bonchev–Trinajstić information content (AvgIpc) is 3.47. The predicted molar refractivity (Wildman–Crippen MR) is 171 cm³/mol. The van der Waals surface area contributed by atoms with E-state index in [0.29, 0.717) is 11.3 Å². The maximum Gasteiger partial charge on any atom is 0.317 e. The van der Waals surface area contributed by atoms with Crippen molar-refractivity contribution in [2.24, 2.45) is 5.14 Å². The Hall–Kier alpha value is -4.12. The molecular weight excluding hydrogens is 674 g/mol. The number of rotatable bonds is 14. The fourth-order valence-electron chi connectivity index (χ4n) is 4.85. The summed E-state index contributed by atoms with van der Waals surface area (Å²) in [7, 11) is -4.15. The lowest BCUT2D eigenvalue weighted by molar-refractivity contribution is -0.140. The SMILES string of the molecule is NS(=O)(=O)c1nnc(NC(=O)C(Cc2ccccc2)NC(=O)CN2CCN(CC(=O)O)CCN(CC(=O)O)CCN(CC(=O)O)CC2)s1. The van der Waals surface area contributed by atoms with Crippen LogP contribution in [0.2, 0.25) is 0 Å². The van der Waals surface area contributed by atoms with Crippen molar-refractivity contribution in [1.82, 2.24) is 35.1 Å². The zero-order chi connectivity index (χ0) is 35.3. The van der Waals surface area contributed by atoms with Gasteiger partial charge in [0.25, 0.3) is 10.0 Å². The molecule has 1 atom stereocenters. The minimum absolute atomic E-state index is 0.0743. The van der Waals surface area contributed by atoms with Crippen LogP contribution in [-0.2, 0) is 40.4 Å². The molecule has 21 heteroatoms. The summed E-state index contributed by atoms with van der Waals surface area (Å²) in [5, 5.41) is 45.4. The summed E-state index contributed by atoms with van der Waals surface area (Å²) in [5.74, 6) is -4.47. The molecule has 1 aliphatic rings. The molecule has 0 bridgehead atoms. The molecule has 1 aliphatic heterocycles. The first-order valence-corrected chi connectivity index (χ1v) is 17.1. The zero-order valence-electron chi connectivity index (χ0n) is 25.9. The van der Waals surface area contributed by atoms with Gasteiger partial charge in [0.05, 0.1) is 26.2 Å². The number of hydrogen-bond acceptors (Lipinski definition) is 14. The Morgan fingerprint density at radius 1 is 0.750 bits per heavy atom. The highest BCUT2D eigenvalue weighted by Gasteiger charge is 2.26. The molecule has 0 saturated carbocycles. The van der Waals surface area contributed by atoms with E-state index in [0.717, 1.165) is 5.56 Å². The summed E-state index contributed by atoms with van der Waals surface area (Å²) < 4.78 is 22.7. The van der Waals surface area contributed by atoms with Crippen LogP contribution in [0.1, 0.15) is 5.56 Å². The van der Waals surface area contributed by atoms with Crippen molar-refractivity contribution in [3.05, 3.63) is 35.9 Å². The molecule has 1 saturated heterocycles. The van der Waals surface area contributed by atoms with E-state index in [9.17, 15) is 47.7 Å². The Kier molecular flexibility index (Phi) is 14.7. The Labute approximate surface area is 280 Å². The number of carbonyl (C=O) groups excluding carboxylic acids is 2. The number of sulfonamides is 1. The first-order chi connectivity index (χ1) is 22.7. The van der Waals surface area contributed by atoms with Crippen LogP contribution in [0.3, 0.4) is 0 Å². The quantitative estimate of drug-likeness (QED) is 0.109. The summed E-state index contributed by atoms with van der Waals surface area (Å²) in [5.41, 5.74) is 0.720. The third-order valence-corrected chi connectivity index (χ3v) is 9.34. The highest BCUT2D eigenvalue weighted by molar-refractivity contribution is 7.91. The minimum Gasteiger partial charge on any atom is -0.480 e. The molecule has 1 aromatic heterocycles. The van der Waals surface area contributed by atoms with Crippen LogP contribution in [0.4, 0.5) is 5.13 Å². The van der Waals surface area contributed by atoms with Crippen molar-refractivity contribution in [3.63, 3.8) is 0 Å². The van der Waals surface area contributed by atoms with Crippen LogP contribution < -0.4 is 15.8 Å². The first-order valence-electron chi connectivity index (χ1n) is 14.7. The highest BCUT2D eigenvalue weighted by Crippen LogP contribution is 2.19. The van der Waals surface area contributed by atoms with Crippen LogP contribution in [0, 0.1) is 0 Å². The van der Waals surface area contributed by atoms with Crippen molar-refractivity contribution in [3.8, 4) is 0 Å². The van der Waals surface area contributed by atoms with Gasteiger partial charge >= 0.3 is 17.9 Å². The number of hydrogen-bond donors (Lipinski definition) is 6. The Bertz CT molecular complexity index is 1490. The second kappa shape index (κ2) is 18.4. The summed E-state index contributed by atoms with van der Waals surface area (Å²) >= 11 is 0.549. The number of benzene rings is 1. The van der Waals surface area contributed by atoms with Gasteiger partial charge in [0.2, 0.25) is 21.3 Å². The molecule has 19 nitrogen and oxygen atoms in total. The monoisotopic (exact) mass is 713 g/mol.